The second-order valence-corrected chi connectivity index (χ2v) is 3.26. The molecule has 5 nitrogen and oxygen atoms in total. The van der Waals surface area contributed by atoms with Gasteiger partial charge in [0.1, 0.15) is 6.61 Å². The van der Waals surface area contributed by atoms with Gasteiger partial charge < -0.3 is 14.8 Å². The standard InChI is InChI=1S/C11H21NO4/c1-3-10(13)9-16-8-7-15-6-5-12-11(14)4-2/h3-9H2,1-2H3,(H,12,14). The molecule has 0 unspecified atom stereocenters. The van der Waals surface area contributed by atoms with Gasteiger partial charge in [-0.2, -0.15) is 0 Å². The number of hydrogen-bond donors (Lipinski definition) is 1. The summed E-state index contributed by atoms with van der Waals surface area (Å²) >= 11 is 0. The molecule has 0 aromatic rings. The molecule has 16 heavy (non-hydrogen) atoms. The van der Waals surface area contributed by atoms with Crippen LogP contribution in [0.15, 0.2) is 0 Å². The van der Waals surface area contributed by atoms with Gasteiger partial charge in [-0.1, -0.05) is 13.8 Å². The number of amides is 1. The summed E-state index contributed by atoms with van der Waals surface area (Å²) in [5.41, 5.74) is 0. The molecule has 0 aromatic heterocycles. The number of ketones is 1. The summed E-state index contributed by atoms with van der Waals surface area (Å²) in [5, 5.41) is 2.69. The van der Waals surface area contributed by atoms with Crippen molar-refractivity contribution in [3.8, 4) is 0 Å². The lowest BCUT2D eigenvalue weighted by atomic mass is 10.3. The molecule has 0 atom stereocenters. The molecule has 0 aliphatic heterocycles. The molecule has 0 radical (unpaired) electrons. The first-order chi connectivity index (χ1) is 7.70. The summed E-state index contributed by atoms with van der Waals surface area (Å²) in [6.07, 6.45) is 0.992. The average molecular weight is 231 g/mol. The van der Waals surface area contributed by atoms with Crippen molar-refractivity contribution < 1.29 is 19.1 Å². The predicted octanol–water partition coefficient (Wildman–Crippen LogP) is 0.525. The number of carbonyl (C=O) groups is 2. The van der Waals surface area contributed by atoms with Gasteiger partial charge in [-0.05, 0) is 0 Å². The quantitative estimate of drug-likeness (QED) is 0.557. The van der Waals surface area contributed by atoms with Crippen LogP contribution in [0.1, 0.15) is 26.7 Å². The van der Waals surface area contributed by atoms with E-state index in [1.165, 1.54) is 0 Å². The minimum Gasteiger partial charge on any atom is -0.377 e. The third kappa shape index (κ3) is 9.61. The van der Waals surface area contributed by atoms with Gasteiger partial charge in [-0.25, -0.2) is 0 Å². The minimum absolute atomic E-state index is 0.0217. The fourth-order valence-electron chi connectivity index (χ4n) is 0.896. The van der Waals surface area contributed by atoms with Crippen LogP contribution in [-0.2, 0) is 19.1 Å². The van der Waals surface area contributed by atoms with E-state index in [1.54, 1.807) is 13.8 Å². The van der Waals surface area contributed by atoms with Crippen LogP contribution in [0, 0.1) is 0 Å². The maximum Gasteiger partial charge on any atom is 0.219 e. The van der Waals surface area contributed by atoms with Crippen LogP contribution in [0.2, 0.25) is 0 Å². The van der Waals surface area contributed by atoms with E-state index in [2.05, 4.69) is 5.32 Å². The molecule has 0 saturated carbocycles. The first-order valence-corrected chi connectivity index (χ1v) is 5.64. The molecule has 1 amide bonds. The molecule has 0 fully saturated rings. The second kappa shape index (κ2) is 10.6. The van der Waals surface area contributed by atoms with Crippen molar-refractivity contribution in [2.24, 2.45) is 0 Å². The van der Waals surface area contributed by atoms with E-state index >= 15 is 0 Å². The molecule has 1 N–H and O–H groups in total. The number of carbonyl (C=O) groups excluding carboxylic acids is 2. The van der Waals surface area contributed by atoms with Gasteiger partial charge in [0.15, 0.2) is 5.78 Å². The summed E-state index contributed by atoms with van der Waals surface area (Å²) in [6, 6.07) is 0. The first kappa shape index (κ1) is 15.1. The van der Waals surface area contributed by atoms with Crippen molar-refractivity contribution in [3.63, 3.8) is 0 Å². The summed E-state index contributed by atoms with van der Waals surface area (Å²) in [4.78, 5) is 21.7. The molecule has 0 rings (SSSR count). The maximum absolute atomic E-state index is 10.8. The molecule has 0 heterocycles. The van der Waals surface area contributed by atoms with Crippen molar-refractivity contribution in [3.05, 3.63) is 0 Å². The van der Waals surface area contributed by atoms with Crippen LogP contribution >= 0.6 is 0 Å². The third-order valence-corrected chi connectivity index (χ3v) is 1.92. The zero-order valence-corrected chi connectivity index (χ0v) is 10.1. The van der Waals surface area contributed by atoms with Crippen LogP contribution in [-0.4, -0.2) is 44.7 Å². The first-order valence-electron chi connectivity index (χ1n) is 5.64. The van der Waals surface area contributed by atoms with Crippen molar-refractivity contribution in [1.82, 2.24) is 5.32 Å². The van der Waals surface area contributed by atoms with Crippen LogP contribution in [0.4, 0.5) is 0 Å². The normalized spacial score (nSPS) is 10.1. The molecular formula is C11H21NO4. The average Bonchev–Trinajstić information content (AvgIpc) is 2.31. The lowest BCUT2D eigenvalue weighted by Crippen LogP contribution is -2.26. The fraction of sp³-hybridized carbons (Fsp3) is 0.818. The van der Waals surface area contributed by atoms with Crippen molar-refractivity contribution >= 4 is 11.7 Å². The molecule has 0 spiro atoms. The van der Waals surface area contributed by atoms with E-state index in [4.69, 9.17) is 9.47 Å². The van der Waals surface area contributed by atoms with Gasteiger partial charge >= 0.3 is 0 Å². The molecule has 5 heteroatoms. The molecule has 0 aromatic carbocycles. The van der Waals surface area contributed by atoms with Gasteiger partial charge in [0.25, 0.3) is 0 Å². The Labute approximate surface area is 96.5 Å². The van der Waals surface area contributed by atoms with E-state index in [9.17, 15) is 9.59 Å². The molecule has 0 saturated heterocycles. The van der Waals surface area contributed by atoms with Crippen LogP contribution in [0.5, 0.6) is 0 Å². The highest BCUT2D eigenvalue weighted by Crippen LogP contribution is 1.84. The van der Waals surface area contributed by atoms with E-state index < -0.39 is 0 Å². The molecule has 0 aliphatic carbocycles. The molecule has 0 aliphatic rings. The number of hydrogen-bond acceptors (Lipinski definition) is 4. The Kier molecular flexibility index (Phi) is 9.95. The fourth-order valence-corrected chi connectivity index (χ4v) is 0.896. The zero-order chi connectivity index (χ0) is 12.2. The summed E-state index contributed by atoms with van der Waals surface area (Å²) in [6.45, 7) is 5.60. The molecular weight excluding hydrogens is 210 g/mol. The topological polar surface area (TPSA) is 64.6 Å². The Morgan fingerprint density at radius 1 is 1.00 bits per heavy atom. The smallest absolute Gasteiger partial charge is 0.219 e. The van der Waals surface area contributed by atoms with Crippen molar-refractivity contribution in [2.75, 3.05) is 33.0 Å². The van der Waals surface area contributed by atoms with Crippen LogP contribution in [0.25, 0.3) is 0 Å². The lowest BCUT2D eigenvalue weighted by Gasteiger charge is -2.05. The Balaban J connectivity index is 3.10. The largest absolute Gasteiger partial charge is 0.377 e. The Morgan fingerprint density at radius 2 is 1.69 bits per heavy atom. The number of ether oxygens (including phenoxy) is 2. The Bertz CT molecular complexity index is 184. The monoisotopic (exact) mass is 231 g/mol. The van der Waals surface area contributed by atoms with Gasteiger partial charge in [0, 0.05) is 19.4 Å². The number of rotatable bonds is 10. The Morgan fingerprint density at radius 3 is 2.31 bits per heavy atom. The second-order valence-electron chi connectivity index (χ2n) is 3.26. The molecule has 0 bridgehead atoms. The highest BCUT2D eigenvalue weighted by Gasteiger charge is 1.98. The highest BCUT2D eigenvalue weighted by molar-refractivity contribution is 5.79. The Hall–Kier alpha value is -0.940. The SMILES string of the molecule is CCC(=O)COCCOCCNC(=O)CC. The van der Waals surface area contributed by atoms with E-state index in [-0.39, 0.29) is 18.3 Å². The molecule has 94 valence electrons. The van der Waals surface area contributed by atoms with E-state index in [0.29, 0.717) is 39.2 Å². The van der Waals surface area contributed by atoms with Crippen molar-refractivity contribution in [2.45, 2.75) is 26.7 Å². The lowest BCUT2D eigenvalue weighted by molar-refractivity contribution is -0.124. The summed E-state index contributed by atoms with van der Waals surface area (Å²) in [5.74, 6) is 0.114. The third-order valence-electron chi connectivity index (χ3n) is 1.92. The predicted molar refractivity (Wildman–Crippen MR) is 60.2 cm³/mol. The van der Waals surface area contributed by atoms with Gasteiger partial charge in [0.2, 0.25) is 5.91 Å². The highest BCUT2D eigenvalue weighted by atomic mass is 16.5. The van der Waals surface area contributed by atoms with Crippen molar-refractivity contribution in [1.29, 1.82) is 0 Å². The van der Waals surface area contributed by atoms with Gasteiger partial charge in [-0.15, -0.1) is 0 Å². The summed E-state index contributed by atoms with van der Waals surface area (Å²) < 4.78 is 10.3. The van der Waals surface area contributed by atoms with Crippen LogP contribution < -0.4 is 5.32 Å². The summed E-state index contributed by atoms with van der Waals surface area (Å²) in [7, 11) is 0. The van der Waals surface area contributed by atoms with E-state index in [0.717, 1.165) is 0 Å². The van der Waals surface area contributed by atoms with Gasteiger partial charge in [-0.3, -0.25) is 9.59 Å². The zero-order valence-electron chi connectivity index (χ0n) is 10.1. The minimum atomic E-state index is 0.0217. The van der Waals surface area contributed by atoms with Crippen LogP contribution in [0.3, 0.4) is 0 Å². The number of nitrogens with one attached hydrogen (secondary N) is 1. The van der Waals surface area contributed by atoms with Gasteiger partial charge in [0.05, 0.1) is 19.8 Å². The maximum atomic E-state index is 10.8. The van der Waals surface area contributed by atoms with E-state index in [1.807, 2.05) is 0 Å². The number of Topliss-reactive ketones (excluding diaryl/α,β-unsaturated/α-hetero) is 1.